The SMILES string of the molecule is CN1CCN(c2c(CCCN)c3ccccc3n2C)CC1. The van der Waals surface area contributed by atoms with Gasteiger partial charge in [0.2, 0.25) is 0 Å². The molecule has 4 nitrogen and oxygen atoms in total. The summed E-state index contributed by atoms with van der Waals surface area (Å²) in [6.07, 6.45) is 2.12. The maximum atomic E-state index is 5.75. The van der Waals surface area contributed by atoms with Gasteiger partial charge in [-0.2, -0.15) is 0 Å². The van der Waals surface area contributed by atoms with Crippen LogP contribution in [0, 0.1) is 0 Å². The van der Waals surface area contributed by atoms with Gasteiger partial charge in [0.05, 0.1) is 0 Å². The summed E-state index contributed by atoms with van der Waals surface area (Å²) in [7, 11) is 4.40. The highest BCUT2D eigenvalue weighted by Crippen LogP contribution is 2.33. The Bertz CT molecular complexity index is 609. The zero-order valence-electron chi connectivity index (χ0n) is 13.2. The van der Waals surface area contributed by atoms with Crippen molar-refractivity contribution in [3.05, 3.63) is 29.8 Å². The Balaban J connectivity index is 2.04. The molecule has 0 bridgehead atoms. The molecule has 0 amide bonds. The van der Waals surface area contributed by atoms with E-state index in [9.17, 15) is 0 Å². The zero-order valence-corrected chi connectivity index (χ0v) is 13.2. The summed E-state index contributed by atoms with van der Waals surface area (Å²) in [6.45, 7) is 5.24. The molecule has 1 aliphatic rings. The van der Waals surface area contributed by atoms with E-state index in [1.54, 1.807) is 0 Å². The molecule has 0 atom stereocenters. The molecule has 2 N–H and O–H groups in total. The van der Waals surface area contributed by atoms with Crippen molar-refractivity contribution < 1.29 is 0 Å². The summed E-state index contributed by atoms with van der Waals surface area (Å²) in [5.74, 6) is 1.40. The minimum absolute atomic E-state index is 0.755. The largest absolute Gasteiger partial charge is 0.355 e. The number of fused-ring (bicyclic) bond motifs is 1. The smallest absolute Gasteiger partial charge is 0.112 e. The third kappa shape index (κ3) is 2.65. The van der Waals surface area contributed by atoms with E-state index in [2.05, 4.69) is 52.7 Å². The van der Waals surface area contributed by atoms with E-state index in [4.69, 9.17) is 5.73 Å². The third-order valence-electron chi connectivity index (χ3n) is 4.61. The highest BCUT2D eigenvalue weighted by molar-refractivity contribution is 5.90. The summed E-state index contributed by atoms with van der Waals surface area (Å²) in [5.41, 5.74) is 8.55. The first-order chi connectivity index (χ1) is 10.2. The Morgan fingerprint density at radius 1 is 1.05 bits per heavy atom. The molecule has 4 heteroatoms. The number of para-hydroxylation sites is 1. The van der Waals surface area contributed by atoms with Crippen LogP contribution in [-0.2, 0) is 13.5 Å². The molecule has 1 aliphatic heterocycles. The summed E-state index contributed by atoms with van der Waals surface area (Å²) in [4.78, 5) is 4.95. The van der Waals surface area contributed by atoms with E-state index in [1.165, 1.54) is 22.3 Å². The van der Waals surface area contributed by atoms with Crippen molar-refractivity contribution in [3.63, 3.8) is 0 Å². The Morgan fingerprint density at radius 3 is 2.48 bits per heavy atom. The van der Waals surface area contributed by atoms with Crippen LogP contribution in [-0.4, -0.2) is 49.2 Å². The number of aromatic nitrogens is 1. The molecule has 1 aromatic carbocycles. The monoisotopic (exact) mass is 286 g/mol. The molecule has 0 radical (unpaired) electrons. The van der Waals surface area contributed by atoms with Gasteiger partial charge in [0.25, 0.3) is 0 Å². The first-order valence-corrected chi connectivity index (χ1v) is 7.92. The first-order valence-electron chi connectivity index (χ1n) is 7.92. The maximum absolute atomic E-state index is 5.75. The molecule has 1 fully saturated rings. The average Bonchev–Trinajstić information content (AvgIpc) is 2.79. The molecule has 1 saturated heterocycles. The molecule has 0 saturated carbocycles. The fourth-order valence-corrected chi connectivity index (χ4v) is 3.40. The van der Waals surface area contributed by atoms with Gasteiger partial charge < -0.3 is 20.1 Å². The lowest BCUT2D eigenvalue weighted by atomic mass is 10.1. The van der Waals surface area contributed by atoms with E-state index >= 15 is 0 Å². The average molecular weight is 286 g/mol. The molecule has 0 unspecified atom stereocenters. The van der Waals surface area contributed by atoms with Crippen LogP contribution >= 0.6 is 0 Å². The minimum Gasteiger partial charge on any atom is -0.355 e. The van der Waals surface area contributed by atoms with Gasteiger partial charge in [-0.25, -0.2) is 0 Å². The quantitative estimate of drug-likeness (QED) is 0.931. The normalized spacial score (nSPS) is 16.8. The van der Waals surface area contributed by atoms with Gasteiger partial charge in [0, 0.05) is 49.7 Å². The van der Waals surface area contributed by atoms with E-state index < -0.39 is 0 Å². The Hall–Kier alpha value is -1.52. The van der Waals surface area contributed by atoms with Crippen LogP contribution in [0.1, 0.15) is 12.0 Å². The molecule has 2 heterocycles. The summed E-state index contributed by atoms with van der Waals surface area (Å²) >= 11 is 0. The van der Waals surface area contributed by atoms with Crippen LogP contribution < -0.4 is 10.6 Å². The number of rotatable bonds is 4. The van der Waals surface area contributed by atoms with Gasteiger partial charge in [-0.15, -0.1) is 0 Å². The summed E-state index contributed by atoms with van der Waals surface area (Å²) in [6, 6.07) is 8.74. The maximum Gasteiger partial charge on any atom is 0.112 e. The lowest BCUT2D eigenvalue weighted by Crippen LogP contribution is -2.45. The van der Waals surface area contributed by atoms with Crippen LogP contribution in [0.15, 0.2) is 24.3 Å². The predicted molar refractivity (Wildman–Crippen MR) is 90.0 cm³/mol. The minimum atomic E-state index is 0.755. The van der Waals surface area contributed by atoms with Gasteiger partial charge in [-0.3, -0.25) is 0 Å². The third-order valence-corrected chi connectivity index (χ3v) is 4.61. The highest BCUT2D eigenvalue weighted by atomic mass is 15.3. The zero-order chi connectivity index (χ0) is 14.8. The molecule has 3 rings (SSSR count). The van der Waals surface area contributed by atoms with Crippen molar-refractivity contribution in [3.8, 4) is 0 Å². The van der Waals surface area contributed by atoms with Crippen molar-refractivity contribution in [2.24, 2.45) is 12.8 Å². The number of piperazine rings is 1. The topological polar surface area (TPSA) is 37.4 Å². The van der Waals surface area contributed by atoms with Crippen LogP contribution in [0.3, 0.4) is 0 Å². The molecule has 0 aliphatic carbocycles. The van der Waals surface area contributed by atoms with Gasteiger partial charge in [0.15, 0.2) is 0 Å². The molecular weight excluding hydrogens is 260 g/mol. The van der Waals surface area contributed by atoms with E-state index in [0.29, 0.717) is 0 Å². The highest BCUT2D eigenvalue weighted by Gasteiger charge is 2.22. The second kappa shape index (κ2) is 6.08. The molecular formula is C17H26N4. The van der Waals surface area contributed by atoms with Crippen molar-refractivity contribution >= 4 is 16.7 Å². The second-order valence-electron chi connectivity index (χ2n) is 6.06. The van der Waals surface area contributed by atoms with Crippen molar-refractivity contribution in [2.75, 3.05) is 44.7 Å². The lowest BCUT2D eigenvalue weighted by molar-refractivity contribution is 0.311. The Morgan fingerprint density at radius 2 is 1.76 bits per heavy atom. The van der Waals surface area contributed by atoms with Crippen LogP contribution in [0.2, 0.25) is 0 Å². The molecule has 0 spiro atoms. The van der Waals surface area contributed by atoms with Gasteiger partial charge in [-0.1, -0.05) is 18.2 Å². The number of anilines is 1. The summed E-state index contributed by atoms with van der Waals surface area (Å²) in [5, 5.41) is 1.39. The fourth-order valence-electron chi connectivity index (χ4n) is 3.40. The van der Waals surface area contributed by atoms with Crippen molar-refractivity contribution in [2.45, 2.75) is 12.8 Å². The predicted octanol–water partition coefficient (Wildman–Crippen LogP) is 1.82. The first kappa shape index (κ1) is 14.4. The van der Waals surface area contributed by atoms with Gasteiger partial charge in [-0.05, 0) is 32.5 Å². The lowest BCUT2D eigenvalue weighted by Gasteiger charge is -2.35. The van der Waals surface area contributed by atoms with Crippen molar-refractivity contribution in [1.29, 1.82) is 0 Å². The van der Waals surface area contributed by atoms with Crippen LogP contribution in [0.5, 0.6) is 0 Å². The van der Waals surface area contributed by atoms with Crippen LogP contribution in [0.25, 0.3) is 10.9 Å². The van der Waals surface area contributed by atoms with E-state index in [-0.39, 0.29) is 0 Å². The Labute approximate surface area is 127 Å². The molecule has 2 aromatic rings. The molecule has 21 heavy (non-hydrogen) atoms. The second-order valence-corrected chi connectivity index (χ2v) is 6.06. The standard InChI is InChI=1S/C17H26N4/c1-19-10-12-21(13-11-19)17-15(7-5-9-18)14-6-3-4-8-16(14)20(17)2/h3-4,6,8H,5,7,9-13,18H2,1-2H3. The van der Waals surface area contributed by atoms with Crippen molar-refractivity contribution in [1.82, 2.24) is 9.47 Å². The molecule has 114 valence electrons. The number of hydrogen-bond donors (Lipinski definition) is 1. The number of aryl methyl sites for hydroxylation is 2. The number of likely N-dealkylation sites (N-methyl/N-ethyl adjacent to an activating group) is 1. The Kier molecular flexibility index (Phi) is 4.17. The number of hydrogen-bond acceptors (Lipinski definition) is 3. The number of nitrogens with zero attached hydrogens (tertiary/aromatic N) is 3. The van der Waals surface area contributed by atoms with E-state index in [1.807, 2.05) is 0 Å². The van der Waals surface area contributed by atoms with Gasteiger partial charge >= 0.3 is 0 Å². The fraction of sp³-hybridized carbons (Fsp3) is 0.529. The van der Waals surface area contributed by atoms with E-state index in [0.717, 1.165) is 45.6 Å². The molecule has 1 aromatic heterocycles. The summed E-state index contributed by atoms with van der Waals surface area (Å²) < 4.78 is 2.37. The number of nitrogens with two attached hydrogens (primary N) is 1. The van der Waals surface area contributed by atoms with Crippen LogP contribution in [0.4, 0.5) is 5.82 Å². The number of benzene rings is 1. The van der Waals surface area contributed by atoms with Gasteiger partial charge in [0.1, 0.15) is 5.82 Å².